The van der Waals surface area contributed by atoms with Crippen molar-refractivity contribution < 1.29 is 0 Å². The zero-order valence-corrected chi connectivity index (χ0v) is 15.9. The number of rotatable bonds is 7. The van der Waals surface area contributed by atoms with Crippen molar-refractivity contribution >= 4 is 11.6 Å². The maximum Gasteiger partial charge on any atom is 0.191 e. The fourth-order valence-corrected chi connectivity index (χ4v) is 3.46. The number of anilines is 1. The van der Waals surface area contributed by atoms with E-state index in [0.717, 1.165) is 44.6 Å². The summed E-state index contributed by atoms with van der Waals surface area (Å²) < 4.78 is 0. The number of para-hydroxylation sites is 1. The summed E-state index contributed by atoms with van der Waals surface area (Å²) in [6, 6.07) is 12.4. The molecule has 138 valence electrons. The quantitative estimate of drug-likeness (QED) is 0.589. The van der Waals surface area contributed by atoms with Gasteiger partial charge in [0, 0.05) is 43.4 Å². The second-order valence-electron chi connectivity index (χ2n) is 7.38. The summed E-state index contributed by atoms with van der Waals surface area (Å²) in [5.74, 6) is 0.957. The SMILES string of the molecule is CCNC(=NCC(C)N(C)C1CC1)NC1CCN(c2ccccc2)C1. The number of benzene rings is 1. The van der Waals surface area contributed by atoms with E-state index in [4.69, 9.17) is 4.99 Å². The minimum Gasteiger partial charge on any atom is -0.369 e. The van der Waals surface area contributed by atoms with Gasteiger partial charge in [0.2, 0.25) is 0 Å². The Bertz CT molecular complexity index is 554. The molecule has 2 atom stereocenters. The zero-order chi connectivity index (χ0) is 17.6. The Labute approximate surface area is 152 Å². The number of guanidine groups is 1. The fourth-order valence-electron chi connectivity index (χ4n) is 3.46. The first-order valence-electron chi connectivity index (χ1n) is 9.74. The lowest BCUT2D eigenvalue weighted by molar-refractivity contribution is 0.253. The smallest absolute Gasteiger partial charge is 0.191 e. The van der Waals surface area contributed by atoms with Gasteiger partial charge in [0.25, 0.3) is 0 Å². The molecule has 2 N–H and O–H groups in total. The summed E-state index contributed by atoms with van der Waals surface area (Å²) in [6.07, 6.45) is 3.84. The lowest BCUT2D eigenvalue weighted by atomic mass is 10.2. The van der Waals surface area contributed by atoms with Gasteiger partial charge in [-0.1, -0.05) is 18.2 Å². The Balaban J connectivity index is 1.52. The Morgan fingerprint density at radius 1 is 1.28 bits per heavy atom. The Morgan fingerprint density at radius 3 is 2.72 bits per heavy atom. The van der Waals surface area contributed by atoms with Crippen LogP contribution in [0.25, 0.3) is 0 Å². The highest BCUT2D eigenvalue weighted by Crippen LogP contribution is 2.26. The Morgan fingerprint density at radius 2 is 2.04 bits per heavy atom. The second-order valence-corrected chi connectivity index (χ2v) is 7.38. The van der Waals surface area contributed by atoms with Crippen molar-refractivity contribution in [1.82, 2.24) is 15.5 Å². The minimum atomic E-state index is 0.453. The Kier molecular flexibility index (Phi) is 6.19. The van der Waals surface area contributed by atoms with Gasteiger partial charge in [-0.3, -0.25) is 9.89 Å². The van der Waals surface area contributed by atoms with Crippen LogP contribution in [-0.4, -0.2) is 62.2 Å². The van der Waals surface area contributed by atoms with Gasteiger partial charge in [-0.25, -0.2) is 0 Å². The monoisotopic (exact) mass is 343 g/mol. The van der Waals surface area contributed by atoms with E-state index in [0.29, 0.717) is 12.1 Å². The predicted octanol–water partition coefficient (Wildman–Crippen LogP) is 2.30. The molecule has 2 fully saturated rings. The van der Waals surface area contributed by atoms with Crippen LogP contribution in [0.5, 0.6) is 0 Å². The van der Waals surface area contributed by atoms with Crippen LogP contribution in [0.4, 0.5) is 5.69 Å². The minimum absolute atomic E-state index is 0.453. The standard InChI is InChI=1S/C20H33N5/c1-4-21-20(22-14-16(2)24(3)18-10-11-18)23-17-12-13-25(15-17)19-8-6-5-7-9-19/h5-9,16-18H,4,10-15H2,1-3H3,(H2,21,22,23). The summed E-state index contributed by atoms with van der Waals surface area (Å²) in [6.45, 7) is 8.28. The van der Waals surface area contributed by atoms with Crippen molar-refractivity contribution in [2.24, 2.45) is 4.99 Å². The molecule has 5 nitrogen and oxygen atoms in total. The largest absolute Gasteiger partial charge is 0.369 e. The number of nitrogens with zero attached hydrogens (tertiary/aromatic N) is 3. The summed E-state index contributed by atoms with van der Waals surface area (Å²) in [5, 5.41) is 7.04. The van der Waals surface area contributed by atoms with Crippen molar-refractivity contribution in [2.75, 3.05) is 38.1 Å². The number of nitrogens with one attached hydrogen (secondary N) is 2. The van der Waals surface area contributed by atoms with Crippen LogP contribution in [0.3, 0.4) is 0 Å². The van der Waals surface area contributed by atoms with E-state index in [1.807, 2.05) is 0 Å². The van der Waals surface area contributed by atoms with E-state index in [-0.39, 0.29) is 0 Å². The van der Waals surface area contributed by atoms with E-state index < -0.39 is 0 Å². The van der Waals surface area contributed by atoms with E-state index in [1.54, 1.807) is 0 Å². The van der Waals surface area contributed by atoms with Crippen molar-refractivity contribution in [1.29, 1.82) is 0 Å². The molecular formula is C20H33N5. The van der Waals surface area contributed by atoms with Crippen molar-refractivity contribution in [3.8, 4) is 0 Å². The Hall–Kier alpha value is -1.75. The number of likely N-dealkylation sites (N-methyl/N-ethyl adjacent to an activating group) is 1. The molecule has 1 heterocycles. The molecule has 1 aliphatic heterocycles. The first-order chi connectivity index (χ1) is 12.2. The molecule has 5 heteroatoms. The zero-order valence-electron chi connectivity index (χ0n) is 15.9. The van der Waals surface area contributed by atoms with E-state index in [9.17, 15) is 0 Å². The van der Waals surface area contributed by atoms with Gasteiger partial charge >= 0.3 is 0 Å². The maximum atomic E-state index is 4.84. The van der Waals surface area contributed by atoms with Crippen LogP contribution in [0, 0.1) is 0 Å². The second kappa shape index (κ2) is 8.56. The highest BCUT2D eigenvalue weighted by atomic mass is 15.3. The van der Waals surface area contributed by atoms with Gasteiger partial charge in [-0.2, -0.15) is 0 Å². The molecule has 0 bridgehead atoms. The van der Waals surface area contributed by atoms with Crippen molar-refractivity contribution in [2.45, 2.75) is 51.2 Å². The molecule has 2 unspecified atom stereocenters. The number of hydrogen-bond donors (Lipinski definition) is 2. The normalized spacial score (nSPS) is 22.3. The maximum absolute atomic E-state index is 4.84. The van der Waals surface area contributed by atoms with E-state index in [1.165, 1.54) is 18.5 Å². The van der Waals surface area contributed by atoms with E-state index >= 15 is 0 Å². The van der Waals surface area contributed by atoms with Crippen LogP contribution >= 0.6 is 0 Å². The summed E-state index contributed by atoms with van der Waals surface area (Å²) in [4.78, 5) is 9.76. The third-order valence-electron chi connectivity index (χ3n) is 5.33. The lowest BCUT2D eigenvalue weighted by Crippen LogP contribution is -2.45. The van der Waals surface area contributed by atoms with Gasteiger partial charge < -0.3 is 15.5 Å². The molecule has 1 aromatic rings. The van der Waals surface area contributed by atoms with Gasteiger partial charge in [0.15, 0.2) is 5.96 Å². The molecular weight excluding hydrogens is 310 g/mol. The number of aliphatic imine (C=N–C) groups is 1. The number of hydrogen-bond acceptors (Lipinski definition) is 3. The molecule has 25 heavy (non-hydrogen) atoms. The average Bonchev–Trinajstić information content (AvgIpc) is 3.38. The highest BCUT2D eigenvalue weighted by molar-refractivity contribution is 5.80. The van der Waals surface area contributed by atoms with E-state index in [2.05, 4.69) is 71.7 Å². The highest BCUT2D eigenvalue weighted by Gasteiger charge is 2.29. The summed E-state index contributed by atoms with van der Waals surface area (Å²) >= 11 is 0. The van der Waals surface area contributed by atoms with Crippen LogP contribution in [0.1, 0.15) is 33.1 Å². The average molecular weight is 344 g/mol. The van der Waals surface area contributed by atoms with Crippen LogP contribution in [0.15, 0.2) is 35.3 Å². The summed E-state index contributed by atoms with van der Waals surface area (Å²) in [7, 11) is 2.23. The molecule has 1 aliphatic carbocycles. The molecule has 1 saturated heterocycles. The predicted molar refractivity (Wildman–Crippen MR) is 106 cm³/mol. The molecule has 2 aliphatic rings. The molecule has 3 rings (SSSR count). The third-order valence-corrected chi connectivity index (χ3v) is 5.33. The molecule has 0 amide bonds. The van der Waals surface area contributed by atoms with Crippen molar-refractivity contribution in [3.63, 3.8) is 0 Å². The lowest BCUT2D eigenvalue weighted by Gasteiger charge is -2.24. The first-order valence-corrected chi connectivity index (χ1v) is 9.74. The van der Waals surface area contributed by atoms with Crippen LogP contribution < -0.4 is 15.5 Å². The molecule has 0 radical (unpaired) electrons. The van der Waals surface area contributed by atoms with Crippen molar-refractivity contribution in [3.05, 3.63) is 30.3 Å². The third kappa shape index (κ3) is 5.11. The van der Waals surface area contributed by atoms with Gasteiger partial charge in [0.1, 0.15) is 0 Å². The molecule has 0 spiro atoms. The topological polar surface area (TPSA) is 42.9 Å². The molecule has 0 aromatic heterocycles. The van der Waals surface area contributed by atoms with Crippen LogP contribution in [0.2, 0.25) is 0 Å². The fraction of sp³-hybridized carbons (Fsp3) is 0.650. The first kappa shape index (κ1) is 18.1. The molecule has 1 saturated carbocycles. The van der Waals surface area contributed by atoms with Crippen LogP contribution in [-0.2, 0) is 0 Å². The summed E-state index contributed by atoms with van der Waals surface area (Å²) in [5.41, 5.74) is 1.31. The molecule has 1 aromatic carbocycles. The van der Waals surface area contributed by atoms with Gasteiger partial charge in [-0.05, 0) is 52.3 Å². The van der Waals surface area contributed by atoms with Gasteiger partial charge in [-0.15, -0.1) is 0 Å². The van der Waals surface area contributed by atoms with Gasteiger partial charge in [0.05, 0.1) is 6.54 Å².